The molecule has 30 heavy (non-hydrogen) atoms. The summed E-state index contributed by atoms with van der Waals surface area (Å²) in [5.41, 5.74) is 5.13. The molecule has 0 amide bonds. The number of aryl methyl sites for hydroxylation is 1. The summed E-state index contributed by atoms with van der Waals surface area (Å²) in [7, 11) is 1.85. The van der Waals surface area contributed by atoms with Crippen molar-refractivity contribution in [2.24, 2.45) is 12.0 Å². The molecule has 0 bridgehead atoms. The molecule has 0 aliphatic rings. The summed E-state index contributed by atoms with van der Waals surface area (Å²) in [6.07, 6.45) is 3.44. The fraction of sp³-hybridized carbons (Fsp3) is 0.0417. The number of aromatic amines is 1. The first kappa shape index (κ1) is 17.9. The number of aromatic hydroxyl groups is 1. The van der Waals surface area contributed by atoms with Crippen LogP contribution in [-0.4, -0.2) is 31.1 Å². The van der Waals surface area contributed by atoms with Crippen LogP contribution in [0.3, 0.4) is 0 Å². The van der Waals surface area contributed by atoms with Gasteiger partial charge in [-0.1, -0.05) is 60.7 Å². The Morgan fingerprint density at radius 1 is 0.933 bits per heavy atom. The Balaban J connectivity index is 1.53. The van der Waals surface area contributed by atoms with Gasteiger partial charge >= 0.3 is 0 Å². The molecule has 0 saturated heterocycles. The van der Waals surface area contributed by atoms with Crippen molar-refractivity contribution < 1.29 is 5.11 Å². The molecule has 0 unspecified atom stereocenters. The molecule has 6 heteroatoms. The fourth-order valence-electron chi connectivity index (χ4n) is 3.45. The number of aromatic nitrogens is 4. The van der Waals surface area contributed by atoms with Gasteiger partial charge in [0.15, 0.2) is 11.7 Å². The molecule has 5 rings (SSSR count). The zero-order chi connectivity index (χ0) is 20.5. The highest BCUT2D eigenvalue weighted by molar-refractivity contribution is 6.02. The van der Waals surface area contributed by atoms with Crippen molar-refractivity contribution in [3.8, 4) is 28.3 Å². The molecule has 5 aromatic rings. The Hall–Kier alpha value is -4.19. The van der Waals surface area contributed by atoms with Crippen LogP contribution in [0.5, 0.6) is 5.88 Å². The topological polar surface area (TPSA) is 79.1 Å². The van der Waals surface area contributed by atoms with E-state index in [-0.39, 0.29) is 5.88 Å². The number of benzene rings is 2. The van der Waals surface area contributed by atoms with Gasteiger partial charge in [0.2, 0.25) is 0 Å². The van der Waals surface area contributed by atoms with Gasteiger partial charge in [-0.15, -0.1) is 0 Å². The third-order valence-electron chi connectivity index (χ3n) is 5.03. The zero-order valence-corrected chi connectivity index (χ0v) is 16.3. The van der Waals surface area contributed by atoms with Gasteiger partial charge in [-0.2, -0.15) is 5.10 Å². The normalized spacial score (nSPS) is 11.5. The quantitative estimate of drug-likeness (QED) is 0.418. The number of nitrogens with one attached hydrogen (secondary N) is 1. The van der Waals surface area contributed by atoms with E-state index in [2.05, 4.69) is 20.1 Å². The second kappa shape index (κ2) is 7.33. The second-order valence-electron chi connectivity index (χ2n) is 7.01. The van der Waals surface area contributed by atoms with Gasteiger partial charge in [-0.25, -0.2) is 9.98 Å². The van der Waals surface area contributed by atoms with Crippen LogP contribution < -0.4 is 0 Å². The third-order valence-corrected chi connectivity index (χ3v) is 5.03. The standard InChI is InChI=1S/C24H19N5O/c1-29-22(13-21(28-29)17-10-6-3-7-11-17)25-15-20-19-12-18(16-8-4-2-5-9-16)14-26-23(19)27-24(20)30/h2-15,30H,1H3,(H,26,27). The van der Waals surface area contributed by atoms with Crippen LogP contribution >= 0.6 is 0 Å². The van der Waals surface area contributed by atoms with Crippen LogP contribution in [0.4, 0.5) is 5.82 Å². The SMILES string of the molecule is Cn1nc(-c2ccccc2)cc1N=Cc1c(O)[nH]c2ncc(-c3ccccc3)cc12. The van der Waals surface area contributed by atoms with E-state index in [0.29, 0.717) is 17.0 Å². The maximum atomic E-state index is 10.4. The molecule has 0 saturated carbocycles. The molecule has 2 aromatic carbocycles. The summed E-state index contributed by atoms with van der Waals surface area (Å²) >= 11 is 0. The molecule has 0 spiro atoms. The van der Waals surface area contributed by atoms with E-state index in [4.69, 9.17) is 0 Å². The largest absolute Gasteiger partial charge is 0.494 e. The summed E-state index contributed by atoms with van der Waals surface area (Å²) in [6.45, 7) is 0. The molecule has 3 heterocycles. The van der Waals surface area contributed by atoms with E-state index >= 15 is 0 Å². The Labute approximate surface area is 173 Å². The fourth-order valence-corrected chi connectivity index (χ4v) is 3.45. The number of hydrogen-bond donors (Lipinski definition) is 2. The van der Waals surface area contributed by atoms with Gasteiger partial charge in [0.25, 0.3) is 0 Å². The number of H-pyrrole nitrogens is 1. The lowest BCUT2D eigenvalue weighted by molar-refractivity contribution is 0.457. The van der Waals surface area contributed by atoms with Crippen molar-refractivity contribution in [3.63, 3.8) is 0 Å². The van der Waals surface area contributed by atoms with Crippen molar-refractivity contribution in [2.75, 3.05) is 0 Å². The van der Waals surface area contributed by atoms with E-state index in [9.17, 15) is 5.11 Å². The minimum absolute atomic E-state index is 0.0388. The summed E-state index contributed by atoms with van der Waals surface area (Å²) < 4.78 is 1.72. The maximum Gasteiger partial charge on any atom is 0.199 e. The number of aliphatic imine (C=N–C) groups is 1. The number of rotatable bonds is 4. The summed E-state index contributed by atoms with van der Waals surface area (Å²) in [5.74, 6) is 0.728. The van der Waals surface area contributed by atoms with E-state index in [1.54, 1.807) is 17.1 Å². The lowest BCUT2D eigenvalue weighted by Gasteiger charge is -2.01. The van der Waals surface area contributed by atoms with Gasteiger partial charge < -0.3 is 10.1 Å². The minimum Gasteiger partial charge on any atom is -0.494 e. The van der Waals surface area contributed by atoms with Gasteiger partial charge in [0.05, 0.1) is 11.3 Å². The number of hydrogen-bond acceptors (Lipinski definition) is 4. The molecule has 0 aliphatic heterocycles. The maximum absolute atomic E-state index is 10.4. The molecule has 0 fully saturated rings. The lowest BCUT2D eigenvalue weighted by atomic mass is 10.1. The Morgan fingerprint density at radius 3 is 2.37 bits per heavy atom. The molecular formula is C24H19N5O. The number of pyridine rings is 1. The number of nitrogens with zero attached hydrogens (tertiary/aromatic N) is 4. The molecule has 146 valence electrons. The smallest absolute Gasteiger partial charge is 0.199 e. The highest BCUT2D eigenvalue weighted by Crippen LogP contribution is 2.29. The highest BCUT2D eigenvalue weighted by Gasteiger charge is 2.12. The van der Waals surface area contributed by atoms with Crippen molar-refractivity contribution in [1.82, 2.24) is 19.7 Å². The molecule has 2 N–H and O–H groups in total. The van der Waals surface area contributed by atoms with Crippen LogP contribution in [-0.2, 0) is 7.05 Å². The van der Waals surface area contributed by atoms with Crippen LogP contribution in [0.15, 0.2) is 84.0 Å². The van der Waals surface area contributed by atoms with E-state index in [0.717, 1.165) is 27.8 Å². The van der Waals surface area contributed by atoms with Gasteiger partial charge in [-0.3, -0.25) is 4.68 Å². The predicted octanol–water partition coefficient (Wildman–Crippen LogP) is 5.09. The number of fused-ring (bicyclic) bond motifs is 1. The monoisotopic (exact) mass is 393 g/mol. The van der Waals surface area contributed by atoms with Gasteiger partial charge in [0, 0.05) is 42.0 Å². The predicted molar refractivity (Wildman–Crippen MR) is 119 cm³/mol. The third kappa shape index (κ3) is 3.24. The van der Waals surface area contributed by atoms with Crippen LogP contribution in [0, 0.1) is 0 Å². The first-order valence-electron chi connectivity index (χ1n) is 9.59. The molecular weight excluding hydrogens is 374 g/mol. The first-order valence-corrected chi connectivity index (χ1v) is 9.59. The highest BCUT2D eigenvalue weighted by atomic mass is 16.3. The van der Waals surface area contributed by atoms with E-state index in [1.807, 2.05) is 79.8 Å². The van der Waals surface area contributed by atoms with E-state index in [1.165, 1.54) is 0 Å². The van der Waals surface area contributed by atoms with Crippen LogP contribution in [0.2, 0.25) is 0 Å². The first-order chi connectivity index (χ1) is 14.7. The summed E-state index contributed by atoms with van der Waals surface area (Å²) in [6, 6.07) is 23.9. The van der Waals surface area contributed by atoms with Crippen molar-refractivity contribution in [2.45, 2.75) is 0 Å². The summed E-state index contributed by atoms with van der Waals surface area (Å²) in [4.78, 5) is 12.0. The van der Waals surface area contributed by atoms with Crippen molar-refractivity contribution in [3.05, 3.63) is 84.6 Å². The Kier molecular flexibility index (Phi) is 4.37. The van der Waals surface area contributed by atoms with Gasteiger partial charge in [0.1, 0.15) is 5.65 Å². The summed E-state index contributed by atoms with van der Waals surface area (Å²) in [5, 5.41) is 15.8. The zero-order valence-electron chi connectivity index (χ0n) is 16.3. The molecule has 0 aliphatic carbocycles. The molecule has 6 nitrogen and oxygen atoms in total. The van der Waals surface area contributed by atoms with Crippen molar-refractivity contribution >= 4 is 23.1 Å². The van der Waals surface area contributed by atoms with E-state index < -0.39 is 0 Å². The molecule has 3 aromatic heterocycles. The molecule has 0 radical (unpaired) electrons. The van der Waals surface area contributed by atoms with Crippen molar-refractivity contribution in [1.29, 1.82) is 0 Å². The average Bonchev–Trinajstić information content (AvgIpc) is 3.31. The van der Waals surface area contributed by atoms with Gasteiger partial charge in [-0.05, 0) is 11.6 Å². The lowest BCUT2D eigenvalue weighted by Crippen LogP contribution is -1.90. The minimum atomic E-state index is 0.0388. The average molecular weight is 393 g/mol. The van der Waals surface area contributed by atoms with Crippen LogP contribution in [0.25, 0.3) is 33.4 Å². The van der Waals surface area contributed by atoms with Crippen LogP contribution in [0.1, 0.15) is 5.56 Å². The Bertz CT molecular complexity index is 1350. The second-order valence-corrected chi connectivity index (χ2v) is 7.01. The Morgan fingerprint density at radius 2 is 1.63 bits per heavy atom. The molecule has 0 atom stereocenters.